The van der Waals surface area contributed by atoms with Gasteiger partial charge in [0, 0.05) is 5.92 Å². The van der Waals surface area contributed by atoms with Crippen molar-refractivity contribution in [2.75, 3.05) is 0 Å². The summed E-state index contributed by atoms with van der Waals surface area (Å²) < 4.78 is 0. The third-order valence-corrected chi connectivity index (χ3v) is 5.21. The van der Waals surface area contributed by atoms with Crippen molar-refractivity contribution in [2.24, 2.45) is 5.92 Å². The third-order valence-electron chi connectivity index (χ3n) is 5.21. The van der Waals surface area contributed by atoms with Crippen LogP contribution in [-0.2, 0) is 12.8 Å². The van der Waals surface area contributed by atoms with Crippen LogP contribution in [0.1, 0.15) is 30.9 Å². The predicted molar refractivity (Wildman–Crippen MR) is 103 cm³/mol. The Morgan fingerprint density at radius 2 is 1.92 bits per heavy atom. The van der Waals surface area contributed by atoms with Gasteiger partial charge in [0.25, 0.3) is 0 Å². The maximum Gasteiger partial charge on any atom is 0.0281 e. The SMILES string of the molecule is CCc1cccc(CC2=CC=C(C3=CCCC=C3)C3C=CC=C23)c1. The zero-order valence-electron chi connectivity index (χ0n) is 14.3. The first-order valence-electron chi connectivity index (χ1n) is 9.09. The Bertz CT molecular complexity index is 821. The van der Waals surface area contributed by atoms with Crippen molar-refractivity contribution >= 4 is 0 Å². The maximum atomic E-state index is 2.39. The van der Waals surface area contributed by atoms with Crippen LogP contribution >= 0.6 is 0 Å². The molecule has 4 rings (SSSR count). The number of hydrogen-bond acceptors (Lipinski definition) is 0. The first kappa shape index (κ1) is 15.2. The molecule has 0 aromatic heterocycles. The van der Waals surface area contributed by atoms with Crippen LogP contribution in [0, 0.1) is 5.92 Å². The van der Waals surface area contributed by atoms with E-state index in [2.05, 4.69) is 79.8 Å². The normalized spacial score (nSPS) is 21.8. The molecule has 1 aromatic carbocycles. The van der Waals surface area contributed by atoms with Crippen LogP contribution in [0.5, 0.6) is 0 Å². The molecule has 0 heteroatoms. The number of allylic oxidation sites excluding steroid dienone is 12. The van der Waals surface area contributed by atoms with Crippen LogP contribution in [0.2, 0.25) is 0 Å². The number of aryl methyl sites for hydroxylation is 1. The monoisotopic (exact) mass is 312 g/mol. The number of hydrogen-bond donors (Lipinski definition) is 0. The standard InChI is InChI=1S/C24H24/c1-2-18-8-6-9-19(16-18)17-21-14-15-23(20-10-4-3-5-11-20)24-13-7-12-22(21)24/h4,6-16,24H,2-3,5,17H2,1H3. The van der Waals surface area contributed by atoms with E-state index in [-0.39, 0.29) is 0 Å². The second-order valence-electron chi connectivity index (χ2n) is 6.79. The largest absolute Gasteiger partial charge is 0.0836 e. The summed E-state index contributed by atoms with van der Waals surface area (Å²) in [5.74, 6) is 0.438. The molecule has 0 bridgehead atoms. The highest BCUT2D eigenvalue weighted by molar-refractivity contribution is 5.60. The fourth-order valence-corrected chi connectivity index (χ4v) is 3.89. The minimum atomic E-state index is 0.438. The highest BCUT2D eigenvalue weighted by Gasteiger charge is 2.26. The summed E-state index contributed by atoms with van der Waals surface area (Å²) in [5, 5.41) is 0. The van der Waals surface area contributed by atoms with E-state index < -0.39 is 0 Å². The van der Waals surface area contributed by atoms with E-state index in [0.717, 1.165) is 12.8 Å². The Balaban J connectivity index is 1.64. The molecule has 0 radical (unpaired) electrons. The van der Waals surface area contributed by atoms with E-state index in [1.807, 2.05) is 0 Å². The van der Waals surface area contributed by atoms with Gasteiger partial charge in [-0.2, -0.15) is 0 Å². The Labute approximate surface area is 145 Å². The van der Waals surface area contributed by atoms with Crippen molar-refractivity contribution in [3.05, 3.63) is 106 Å². The number of fused-ring (bicyclic) bond motifs is 1. The first-order chi connectivity index (χ1) is 11.8. The van der Waals surface area contributed by atoms with Gasteiger partial charge in [-0.25, -0.2) is 0 Å². The summed E-state index contributed by atoms with van der Waals surface area (Å²) in [6, 6.07) is 9.01. The molecule has 120 valence electrons. The van der Waals surface area contributed by atoms with Gasteiger partial charge < -0.3 is 0 Å². The Hall–Kier alpha value is -2.34. The average molecular weight is 312 g/mol. The van der Waals surface area contributed by atoms with Gasteiger partial charge >= 0.3 is 0 Å². The Kier molecular flexibility index (Phi) is 4.21. The van der Waals surface area contributed by atoms with Gasteiger partial charge in [-0.15, -0.1) is 0 Å². The predicted octanol–water partition coefficient (Wildman–Crippen LogP) is 6.05. The van der Waals surface area contributed by atoms with E-state index in [4.69, 9.17) is 0 Å². The van der Waals surface area contributed by atoms with Crippen LogP contribution in [0.3, 0.4) is 0 Å². The van der Waals surface area contributed by atoms with Gasteiger partial charge in [0.2, 0.25) is 0 Å². The molecule has 1 unspecified atom stereocenters. The number of benzene rings is 1. The summed E-state index contributed by atoms with van der Waals surface area (Å²) >= 11 is 0. The molecular weight excluding hydrogens is 288 g/mol. The van der Waals surface area contributed by atoms with Crippen LogP contribution in [0.15, 0.2) is 95.2 Å². The molecule has 0 heterocycles. The Morgan fingerprint density at radius 3 is 2.75 bits per heavy atom. The van der Waals surface area contributed by atoms with E-state index in [0.29, 0.717) is 5.92 Å². The molecule has 3 aliphatic rings. The lowest BCUT2D eigenvalue weighted by molar-refractivity contribution is 0.889. The van der Waals surface area contributed by atoms with E-state index in [1.165, 1.54) is 46.3 Å². The van der Waals surface area contributed by atoms with Gasteiger partial charge in [-0.3, -0.25) is 0 Å². The maximum absolute atomic E-state index is 2.39. The lowest BCUT2D eigenvalue weighted by Crippen LogP contribution is -2.12. The van der Waals surface area contributed by atoms with Crippen LogP contribution < -0.4 is 0 Å². The number of rotatable bonds is 4. The van der Waals surface area contributed by atoms with Crippen LogP contribution in [0.4, 0.5) is 0 Å². The quantitative estimate of drug-likeness (QED) is 0.635. The second-order valence-corrected chi connectivity index (χ2v) is 6.79. The molecule has 1 atom stereocenters. The summed E-state index contributed by atoms with van der Waals surface area (Å²) in [6.45, 7) is 2.22. The van der Waals surface area contributed by atoms with E-state index in [1.54, 1.807) is 0 Å². The first-order valence-corrected chi connectivity index (χ1v) is 9.09. The van der Waals surface area contributed by atoms with Gasteiger partial charge in [0.05, 0.1) is 0 Å². The minimum absolute atomic E-state index is 0.438. The highest BCUT2D eigenvalue weighted by atomic mass is 14.3. The molecule has 0 spiro atoms. The lowest BCUT2D eigenvalue weighted by Gasteiger charge is -2.26. The third kappa shape index (κ3) is 2.89. The zero-order chi connectivity index (χ0) is 16.4. The summed E-state index contributed by atoms with van der Waals surface area (Å²) in [7, 11) is 0. The van der Waals surface area contributed by atoms with Gasteiger partial charge in [0.15, 0.2) is 0 Å². The van der Waals surface area contributed by atoms with Crippen molar-refractivity contribution in [2.45, 2.75) is 32.6 Å². The van der Waals surface area contributed by atoms with Crippen LogP contribution in [-0.4, -0.2) is 0 Å². The Morgan fingerprint density at radius 1 is 1.00 bits per heavy atom. The molecule has 0 saturated heterocycles. The fraction of sp³-hybridized carbons (Fsp3) is 0.250. The zero-order valence-corrected chi connectivity index (χ0v) is 14.3. The van der Waals surface area contributed by atoms with Gasteiger partial charge in [-0.05, 0) is 59.1 Å². The molecule has 0 nitrogen and oxygen atoms in total. The van der Waals surface area contributed by atoms with Crippen molar-refractivity contribution in [3.63, 3.8) is 0 Å². The van der Waals surface area contributed by atoms with Crippen molar-refractivity contribution in [1.82, 2.24) is 0 Å². The van der Waals surface area contributed by atoms with E-state index >= 15 is 0 Å². The average Bonchev–Trinajstić information content (AvgIpc) is 3.13. The summed E-state index contributed by atoms with van der Waals surface area (Å²) in [5.41, 5.74) is 8.65. The highest BCUT2D eigenvalue weighted by Crippen LogP contribution is 2.40. The van der Waals surface area contributed by atoms with Gasteiger partial charge in [0.1, 0.15) is 0 Å². The minimum Gasteiger partial charge on any atom is -0.0836 e. The second kappa shape index (κ2) is 6.65. The molecule has 3 aliphatic carbocycles. The molecule has 0 N–H and O–H groups in total. The van der Waals surface area contributed by atoms with Crippen molar-refractivity contribution < 1.29 is 0 Å². The molecule has 24 heavy (non-hydrogen) atoms. The van der Waals surface area contributed by atoms with Gasteiger partial charge in [-0.1, -0.05) is 79.8 Å². The van der Waals surface area contributed by atoms with E-state index in [9.17, 15) is 0 Å². The molecule has 0 saturated carbocycles. The fourth-order valence-electron chi connectivity index (χ4n) is 3.89. The summed E-state index contributed by atoms with van der Waals surface area (Å²) in [6.07, 6.45) is 23.0. The smallest absolute Gasteiger partial charge is 0.0281 e. The molecule has 1 aromatic rings. The lowest BCUT2D eigenvalue weighted by atomic mass is 9.78. The molecule has 0 amide bonds. The summed E-state index contributed by atoms with van der Waals surface area (Å²) in [4.78, 5) is 0. The molecular formula is C24H24. The molecule has 0 fully saturated rings. The van der Waals surface area contributed by atoms with Crippen LogP contribution in [0.25, 0.3) is 0 Å². The topological polar surface area (TPSA) is 0 Å². The van der Waals surface area contributed by atoms with Crippen molar-refractivity contribution in [1.29, 1.82) is 0 Å². The van der Waals surface area contributed by atoms with Crippen molar-refractivity contribution in [3.8, 4) is 0 Å². The molecule has 0 aliphatic heterocycles.